The van der Waals surface area contributed by atoms with Crippen molar-refractivity contribution in [2.24, 2.45) is 0 Å². The van der Waals surface area contributed by atoms with Crippen molar-refractivity contribution in [3.8, 4) is 0 Å². The molecule has 3 rings (SSSR count). The lowest BCUT2D eigenvalue weighted by molar-refractivity contribution is -0.123. The molecule has 3 amide bonds. The van der Waals surface area contributed by atoms with E-state index in [0.29, 0.717) is 5.69 Å². The van der Waals surface area contributed by atoms with E-state index in [0.717, 1.165) is 23.7 Å². The van der Waals surface area contributed by atoms with Crippen LogP contribution in [-0.4, -0.2) is 24.7 Å². The topological polar surface area (TPSA) is 40.6 Å². The van der Waals surface area contributed by atoms with E-state index in [4.69, 9.17) is 0 Å². The van der Waals surface area contributed by atoms with E-state index in [1.165, 1.54) is 4.90 Å². The molecule has 1 unspecified atom stereocenters. The van der Waals surface area contributed by atoms with Crippen LogP contribution in [0.3, 0.4) is 0 Å². The highest BCUT2D eigenvalue weighted by atomic mass is 28.3. The van der Waals surface area contributed by atoms with Gasteiger partial charge in [-0.2, -0.15) is 0 Å². The van der Waals surface area contributed by atoms with Crippen molar-refractivity contribution >= 4 is 25.9 Å². The minimum Gasteiger partial charge on any atom is -0.334 e. The number of nitrogens with zero attached hydrogens (tertiary/aromatic N) is 2. The third-order valence-electron chi connectivity index (χ3n) is 6.25. The van der Waals surface area contributed by atoms with E-state index in [1.54, 1.807) is 0 Å². The summed E-state index contributed by atoms with van der Waals surface area (Å²) in [5, 5.41) is 0. The molecule has 1 aliphatic rings. The molecule has 4 nitrogen and oxygen atoms in total. The first kappa shape index (κ1) is 19.4. The first-order chi connectivity index (χ1) is 13.0. The molecular weight excluding hydrogens is 352 g/mol. The van der Waals surface area contributed by atoms with Gasteiger partial charge in [-0.25, -0.2) is 9.69 Å². The molecule has 1 aliphatic heterocycles. The highest BCUT2D eigenvalue weighted by molar-refractivity contribution is 6.80. The first-order valence-electron chi connectivity index (χ1n) is 9.75. The van der Waals surface area contributed by atoms with Gasteiger partial charge in [0.05, 0.1) is 5.69 Å². The number of hydrogen-bond donors (Lipinski definition) is 0. The molecule has 0 spiro atoms. The van der Waals surface area contributed by atoms with Crippen molar-refractivity contribution in [1.29, 1.82) is 0 Å². The Morgan fingerprint density at radius 1 is 0.815 bits per heavy atom. The van der Waals surface area contributed by atoms with Gasteiger partial charge in [0.15, 0.2) is 8.24 Å². The third kappa shape index (κ3) is 2.81. The molecule has 1 saturated heterocycles. The molecular formula is C22H28N2O2Si. The van der Waals surface area contributed by atoms with Gasteiger partial charge in [0.1, 0.15) is 5.54 Å². The number of carbonyl (C=O) groups excluding carboxylic acids is 2. The summed E-state index contributed by atoms with van der Waals surface area (Å²) in [6.07, 6.45) is 0. The number of carbonyl (C=O) groups is 2. The van der Waals surface area contributed by atoms with Crippen molar-refractivity contribution in [3.63, 3.8) is 0 Å². The maximum Gasteiger partial charge on any atom is 0.324 e. The van der Waals surface area contributed by atoms with E-state index in [-0.39, 0.29) is 11.9 Å². The SMILES string of the molecule is CC[Si](CC)(CC)N1C(=O)N(c2ccccc2)C(=O)C1(C)c1ccccc1. The van der Waals surface area contributed by atoms with E-state index < -0.39 is 13.8 Å². The fraction of sp³-hybridized carbons (Fsp3) is 0.364. The van der Waals surface area contributed by atoms with Crippen LogP contribution in [0, 0.1) is 0 Å². The van der Waals surface area contributed by atoms with Gasteiger partial charge >= 0.3 is 6.03 Å². The van der Waals surface area contributed by atoms with Crippen LogP contribution in [0.2, 0.25) is 18.1 Å². The molecule has 5 heteroatoms. The molecule has 0 bridgehead atoms. The van der Waals surface area contributed by atoms with Crippen molar-refractivity contribution in [3.05, 3.63) is 66.2 Å². The fourth-order valence-corrected chi connectivity index (χ4v) is 8.54. The van der Waals surface area contributed by atoms with Crippen LogP contribution in [-0.2, 0) is 10.3 Å². The fourth-order valence-electron chi connectivity index (χ4n) is 4.41. The molecule has 0 aliphatic carbocycles. The molecule has 1 heterocycles. The summed E-state index contributed by atoms with van der Waals surface area (Å²) in [5.74, 6) is -0.155. The molecule has 1 atom stereocenters. The number of anilines is 1. The lowest BCUT2D eigenvalue weighted by Gasteiger charge is -2.45. The highest BCUT2D eigenvalue weighted by Gasteiger charge is 2.61. The first-order valence-corrected chi connectivity index (χ1v) is 12.3. The predicted molar refractivity (Wildman–Crippen MR) is 112 cm³/mol. The molecule has 0 saturated carbocycles. The molecule has 0 N–H and O–H groups in total. The molecule has 0 aromatic heterocycles. The number of benzene rings is 2. The number of hydrogen-bond acceptors (Lipinski definition) is 2. The smallest absolute Gasteiger partial charge is 0.324 e. The van der Waals surface area contributed by atoms with Crippen LogP contribution in [0.5, 0.6) is 0 Å². The Hall–Kier alpha value is -2.40. The second kappa shape index (κ2) is 7.31. The lowest BCUT2D eigenvalue weighted by Crippen LogP contribution is -2.60. The van der Waals surface area contributed by atoms with Crippen molar-refractivity contribution < 1.29 is 9.59 Å². The second-order valence-corrected chi connectivity index (χ2v) is 12.3. The van der Waals surface area contributed by atoms with E-state index in [1.807, 2.05) is 72.2 Å². The standard InChI is InChI=1S/C22H28N2O2Si/c1-5-27(6-2,7-3)24-21(26)23(19-16-12-9-13-17-19)20(25)22(24,4)18-14-10-8-11-15-18/h8-17H,5-7H2,1-4H3. The van der Waals surface area contributed by atoms with Crippen LogP contribution in [0.1, 0.15) is 33.3 Å². The molecule has 1 fully saturated rings. The minimum atomic E-state index is -2.16. The van der Waals surface area contributed by atoms with Gasteiger partial charge in [-0.05, 0) is 42.8 Å². The molecule has 27 heavy (non-hydrogen) atoms. The summed E-state index contributed by atoms with van der Waals surface area (Å²) in [6.45, 7) is 8.41. The Balaban J connectivity index is 2.24. The molecule has 142 valence electrons. The van der Waals surface area contributed by atoms with E-state index >= 15 is 0 Å². The van der Waals surface area contributed by atoms with Crippen molar-refractivity contribution in [2.75, 3.05) is 4.90 Å². The number of para-hydroxylation sites is 1. The maximum atomic E-state index is 13.7. The summed E-state index contributed by atoms with van der Waals surface area (Å²) in [4.78, 5) is 28.8. The zero-order valence-corrected chi connectivity index (χ0v) is 17.6. The van der Waals surface area contributed by atoms with Gasteiger partial charge in [0.25, 0.3) is 5.91 Å². The average molecular weight is 381 g/mol. The molecule has 2 aromatic rings. The largest absolute Gasteiger partial charge is 0.334 e. The quantitative estimate of drug-likeness (QED) is 0.499. The Kier molecular flexibility index (Phi) is 5.24. The Morgan fingerprint density at radius 3 is 1.78 bits per heavy atom. The van der Waals surface area contributed by atoms with Crippen LogP contribution in [0.4, 0.5) is 10.5 Å². The zero-order chi connectivity index (χ0) is 19.7. The van der Waals surface area contributed by atoms with Crippen LogP contribution in [0.15, 0.2) is 60.7 Å². The summed E-state index contributed by atoms with van der Waals surface area (Å²) in [5.41, 5.74) is 0.556. The summed E-state index contributed by atoms with van der Waals surface area (Å²) in [7, 11) is -2.16. The van der Waals surface area contributed by atoms with Crippen LogP contribution >= 0.6 is 0 Å². The van der Waals surface area contributed by atoms with Crippen molar-refractivity contribution in [2.45, 2.75) is 51.4 Å². The number of rotatable bonds is 6. The Morgan fingerprint density at radius 2 is 1.30 bits per heavy atom. The molecule has 2 aromatic carbocycles. The third-order valence-corrected chi connectivity index (χ3v) is 11.8. The van der Waals surface area contributed by atoms with Gasteiger partial charge in [0.2, 0.25) is 0 Å². The number of amides is 3. The van der Waals surface area contributed by atoms with Gasteiger partial charge < -0.3 is 4.57 Å². The monoisotopic (exact) mass is 380 g/mol. The number of imide groups is 1. The highest BCUT2D eigenvalue weighted by Crippen LogP contribution is 2.45. The minimum absolute atomic E-state index is 0.155. The van der Waals surface area contributed by atoms with Gasteiger partial charge in [-0.1, -0.05) is 69.3 Å². The second-order valence-electron chi connectivity index (χ2n) is 7.32. The van der Waals surface area contributed by atoms with Crippen molar-refractivity contribution in [1.82, 2.24) is 4.57 Å². The van der Waals surface area contributed by atoms with E-state index in [9.17, 15) is 9.59 Å². The van der Waals surface area contributed by atoms with Crippen LogP contribution in [0.25, 0.3) is 0 Å². The lowest BCUT2D eigenvalue weighted by atomic mass is 9.92. The summed E-state index contributed by atoms with van der Waals surface area (Å²) >= 11 is 0. The Labute approximate surface area is 162 Å². The predicted octanol–water partition coefficient (Wildman–Crippen LogP) is 5.38. The normalized spacial score (nSPS) is 20.4. The molecule has 0 radical (unpaired) electrons. The van der Waals surface area contributed by atoms with Gasteiger partial charge in [-0.15, -0.1) is 0 Å². The zero-order valence-electron chi connectivity index (χ0n) is 16.6. The summed E-state index contributed by atoms with van der Waals surface area (Å²) in [6, 6.07) is 21.7. The van der Waals surface area contributed by atoms with Gasteiger partial charge in [0, 0.05) is 0 Å². The van der Waals surface area contributed by atoms with Gasteiger partial charge in [-0.3, -0.25) is 4.79 Å². The summed E-state index contributed by atoms with van der Waals surface area (Å²) < 4.78 is 1.99. The number of urea groups is 1. The maximum absolute atomic E-state index is 13.7. The van der Waals surface area contributed by atoms with E-state index in [2.05, 4.69) is 20.8 Å². The Bertz CT molecular complexity index is 812. The van der Waals surface area contributed by atoms with Crippen LogP contribution < -0.4 is 4.90 Å². The average Bonchev–Trinajstić information content (AvgIpc) is 2.93.